The number of rotatable bonds is 3. The van der Waals surface area contributed by atoms with Crippen LogP contribution in [-0.4, -0.2) is 20.7 Å². The Morgan fingerprint density at radius 1 is 1.19 bits per heavy atom. The monoisotopic (exact) mass is 278 g/mol. The van der Waals surface area contributed by atoms with Crippen molar-refractivity contribution in [3.05, 3.63) is 54.1 Å². The van der Waals surface area contributed by atoms with E-state index in [-0.39, 0.29) is 12.5 Å². The Kier molecular flexibility index (Phi) is 2.70. The Balaban J connectivity index is 1.67. The maximum absolute atomic E-state index is 12.1. The summed E-state index contributed by atoms with van der Waals surface area (Å²) in [7, 11) is 0. The molecule has 1 heterocycles. The van der Waals surface area contributed by atoms with Gasteiger partial charge in [0.1, 0.15) is 19.2 Å². The van der Waals surface area contributed by atoms with Crippen molar-refractivity contribution in [1.29, 1.82) is 0 Å². The zero-order valence-electron chi connectivity index (χ0n) is 11.4. The minimum absolute atomic E-state index is 0.0980. The van der Waals surface area contributed by atoms with E-state index in [1.165, 1.54) is 33.8 Å². The third-order valence-electron chi connectivity index (χ3n) is 3.92. The third kappa shape index (κ3) is 2.07. The van der Waals surface area contributed by atoms with Gasteiger partial charge in [-0.2, -0.15) is 5.10 Å². The first-order valence-electron chi connectivity index (χ1n) is 6.97. The average Bonchev–Trinajstić information content (AvgIpc) is 3.13. The number of nitrogens with one attached hydrogen (secondary N) is 1. The second-order valence-electron chi connectivity index (χ2n) is 5.25. The number of aryl methyl sites for hydroxylation is 2. The van der Waals surface area contributed by atoms with Gasteiger partial charge in [-0.05, 0) is 35.4 Å². The quantitative estimate of drug-likeness (QED) is 0.798. The highest BCUT2D eigenvalue weighted by Gasteiger charge is 2.16. The van der Waals surface area contributed by atoms with E-state index in [4.69, 9.17) is 0 Å². The van der Waals surface area contributed by atoms with Crippen LogP contribution in [0.3, 0.4) is 0 Å². The van der Waals surface area contributed by atoms with E-state index in [0.717, 1.165) is 23.9 Å². The number of amides is 1. The topological polar surface area (TPSA) is 59.8 Å². The van der Waals surface area contributed by atoms with Crippen LogP contribution in [0.15, 0.2) is 43.0 Å². The summed E-state index contributed by atoms with van der Waals surface area (Å²) in [6, 6.07) is 10.4. The molecule has 1 amide bonds. The molecule has 3 aromatic rings. The number of aromatic nitrogens is 3. The van der Waals surface area contributed by atoms with Gasteiger partial charge in [0.2, 0.25) is 5.91 Å². The summed E-state index contributed by atoms with van der Waals surface area (Å²) in [5.41, 5.74) is 3.60. The zero-order chi connectivity index (χ0) is 14.2. The normalized spacial score (nSPS) is 12.8. The van der Waals surface area contributed by atoms with Crippen LogP contribution in [0.2, 0.25) is 0 Å². The lowest BCUT2D eigenvalue weighted by molar-refractivity contribution is -0.116. The molecule has 4 rings (SSSR count). The van der Waals surface area contributed by atoms with Crippen molar-refractivity contribution in [2.24, 2.45) is 0 Å². The van der Waals surface area contributed by atoms with Crippen LogP contribution in [0.5, 0.6) is 0 Å². The van der Waals surface area contributed by atoms with Gasteiger partial charge in [0.25, 0.3) is 0 Å². The van der Waals surface area contributed by atoms with Crippen molar-refractivity contribution in [3.8, 4) is 0 Å². The molecule has 0 aliphatic heterocycles. The largest absolute Gasteiger partial charge is 0.324 e. The number of benzene rings is 2. The lowest BCUT2D eigenvalue weighted by Gasteiger charge is -2.10. The molecular formula is C16H14N4O. The molecule has 5 nitrogen and oxygen atoms in total. The molecular weight excluding hydrogens is 264 g/mol. The van der Waals surface area contributed by atoms with E-state index in [9.17, 15) is 4.79 Å². The van der Waals surface area contributed by atoms with Crippen LogP contribution in [0.4, 0.5) is 5.69 Å². The molecule has 0 saturated carbocycles. The fourth-order valence-electron chi connectivity index (χ4n) is 3.01. The van der Waals surface area contributed by atoms with Crippen LogP contribution in [0, 0.1) is 0 Å². The van der Waals surface area contributed by atoms with Crippen LogP contribution < -0.4 is 5.32 Å². The molecule has 1 aromatic heterocycles. The minimum Gasteiger partial charge on any atom is -0.324 e. The lowest BCUT2D eigenvalue weighted by Crippen LogP contribution is -2.19. The first-order chi connectivity index (χ1) is 10.3. The van der Waals surface area contributed by atoms with Gasteiger partial charge < -0.3 is 5.32 Å². The highest BCUT2D eigenvalue weighted by molar-refractivity contribution is 6.05. The predicted molar refractivity (Wildman–Crippen MR) is 80.0 cm³/mol. The number of nitrogens with zero attached hydrogens (tertiary/aromatic N) is 3. The fraction of sp³-hybridized carbons (Fsp3) is 0.188. The molecule has 104 valence electrons. The standard InChI is InChI=1S/C16H14N4O/c21-15(8-20-10-17-9-18-20)19-14-7-6-12-5-4-11-2-1-3-13(14)16(11)12/h1-3,6-7,9-10H,4-5,8H2,(H,19,21). The Labute approximate surface area is 121 Å². The molecule has 0 spiro atoms. The molecule has 0 saturated heterocycles. The summed E-state index contributed by atoms with van der Waals surface area (Å²) in [4.78, 5) is 15.9. The molecule has 5 heteroatoms. The van der Waals surface area contributed by atoms with Crippen molar-refractivity contribution in [1.82, 2.24) is 14.8 Å². The smallest absolute Gasteiger partial charge is 0.246 e. The average molecular weight is 278 g/mol. The fourth-order valence-corrected chi connectivity index (χ4v) is 3.01. The van der Waals surface area contributed by atoms with Crippen molar-refractivity contribution < 1.29 is 4.79 Å². The second kappa shape index (κ2) is 4.70. The number of anilines is 1. The first-order valence-corrected chi connectivity index (χ1v) is 6.97. The number of hydrogen-bond acceptors (Lipinski definition) is 3. The Morgan fingerprint density at radius 2 is 2.05 bits per heavy atom. The number of hydrogen-bond donors (Lipinski definition) is 1. The summed E-state index contributed by atoms with van der Waals surface area (Å²) in [6.45, 7) is 0.170. The molecule has 1 N–H and O–H groups in total. The van der Waals surface area contributed by atoms with Crippen molar-refractivity contribution in [2.45, 2.75) is 19.4 Å². The third-order valence-corrected chi connectivity index (χ3v) is 3.92. The molecule has 0 radical (unpaired) electrons. The van der Waals surface area contributed by atoms with Gasteiger partial charge in [0.15, 0.2) is 0 Å². The summed E-state index contributed by atoms with van der Waals surface area (Å²) in [6.07, 6.45) is 5.13. The number of carbonyl (C=O) groups excluding carboxylic acids is 1. The molecule has 0 fully saturated rings. The molecule has 0 bridgehead atoms. The van der Waals surface area contributed by atoms with Gasteiger partial charge in [-0.1, -0.05) is 24.3 Å². The summed E-state index contributed by atoms with van der Waals surface area (Å²) >= 11 is 0. The van der Waals surface area contributed by atoms with E-state index in [1.807, 2.05) is 6.07 Å². The van der Waals surface area contributed by atoms with Crippen molar-refractivity contribution >= 4 is 22.4 Å². The van der Waals surface area contributed by atoms with Gasteiger partial charge in [-0.15, -0.1) is 0 Å². The second-order valence-corrected chi connectivity index (χ2v) is 5.25. The van der Waals surface area contributed by atoms with Gasteiger partial charge >= 0.3 is 0 Å². The molecule has 21 heavy (non-hydrogen) atoms. The molecule has 0 unspecified atom stereocenters. The highest BCUT2D eigenvalue weighted by Crippen LogP contribution is 2.34. The summed E-state index contributed by atoms with van der Waals surface area (Å²) in [5.74, 6) is -0.0980. The minimum atomic E-state index is -0.0980. The van der Waals surface area contributed by atoms with Crippen LogP contribution >= 0.6 is 0 Å². The van der Waals surface area contributed by atoms with Gasteiger partial charge in [0.05, 0.1) is 0 Å². The van der Waals surface area contributed by atoms with Crippen LogP contribution in [-0.2, 0) is 24.2 Å². The SMILES string of the molecule is O=C(Cn1cncn1)Nc1ccc2c3c(cccc13)CC2. The van der Waals surface area contributed by atoms with Crippen LogP contribution in [0.1, 0.15) is 11.1 Å². The Bertz CT molecular complexity index is 813. The lowest BCUT2D eigenvalue weighted by atomic mass is 10.0. The van der Waals surface area contributed by atoms with E-state index >= 15 is 0 Å². The van der Waals surface area contributed by atoms with Crippen LogP contribution in [0.25, 0.3) is 10.8 Å². The molecule has 2 aromatic carbocycles. The Morgan fingerprint density at radius 3 is 2.86 bits per heavy atom. The highest BCUT2D eigenvalue weighted by atomic mass is 16.2. The van der Waals surface area contributed by atoms with E-state index in [1.54, 1.807) is 0 Å². The number of carbonyl (C=O) groups is 1. The zero-order valence-corrected chi connectivity index (χ0v) is 11.4. The first kappa shape index (κ1) is 12.1. The van der Waals surface area contributed by atoms with E-state index < -0.39 is 0 Å². The Hall–Kier alpha value is -2.69. The van der Waals surface area contributed by atoms with Crippen molar-refractivity contribution in [2.75, 3.05) is 5.32 Å². The molecule has 0 atom stereocenters. The maximum atomic E-state index is 12.1. The summed E-state index contributed by atoms with van der Waals surface area (Å²) < 4.78 is 1.51. The maximum Gasteiger partial charge on any atom is 0.246 e. The predicted octanol–water partition coefficient (Wildman–Crippen LogP) is 2.17. The van der Waals surface area contributed by atoms with E-state index in [0.29, 0.717) is 0 Å². The molecule has 1 aliphatic carbocycles. The van der Waals surface area contributed by atoms with Gasteiger partial charge in [0, 0.05) is 11.1 Å². The van der Waals surface area contributed by atoms with E-state index in [2.05, 4.69) is 39.7 Å². The van der Waals surface area contributed by atoms with Crippen molar-refractivity contribution in [3.63, 3.8) is 0 Å². The molecule has 1 aliphatic rings. The van der Waals surface area contributed by atoms with Gasteiger partial charge in [-0.3, -0.25) is 4.79 Å². The van der Waals surface area contributed by atoms with Gasteiger partial charge in [-0.25, -0.2) is 9.67 Å². The summed E-state index contributed by atoms with van der Waals surface area (Å²) in [5, 5.41) is 9.34.